The number of Topliss-reactive ketones (excluding diaryl/α,β-unsaturated/α-hetero) is 1. The van der Waals surface area contributed by atoms with Gasteiger partial charge in [-0.1, -0.05) is 58.6 Å². The number of hydrogen-bond acceptors (Lipinski definition) is 12. The average Bonchev–Trinajstić information content (AvgIpc) is 3.32. The molecule has 1 aromatic heterocycles. The van der Waals surface area contributed by atoms with E-state index >= 15 is 0 Å². The molecule has 0 saturated carbocycles. The molecule has 3 fully saturated rings. The van der Waals surface area contributed by atoms with Gasteiger partial charge < -0.3 is 33.7 Å². The number of likely N-dealkylation sites (N-methyl/N-ethyl adjacent to an activating group) is 1. The number of rotatable bonds is 7. The Morgan fingerprint density at radius 2 is 1.80 bits per heavy atom. The number of carbonyl (C=O) groups excluding carboxylic acids is 3. The summed E-state index contributed by atoms with van der Waals surface area (Å²) in [6, 6.07) is 12.2. The zero-order valence-electron chi connectivity index (χ0n) is 36.2. The minimum atomic E-state index is -1.19. The fraction of sp³-hybridized carbons (Fsp3) is 0.630. The van der Waals surface area contributed by atoms with Crippen LogP contribution in [-0.4, -0.2) is 119 Å². The molecule has 4 aliphatic heterocycles. The highest BCUT2D eigenvalue weighted by Gasteiger charge is 2.60. The van der Waals surface area contributed by atoms with E-state index in [9.17, 15) is 19.5 Å². The summed E-state index contributed by atoms with van der Waals surface area (Å²) in [7, 11) is 3.82. The second-order valence-corrected chi connectivity index (χ2v) is 17.7. The zero-order valence-corrected chi connectivity index (χ0v) is 36.2. The van der Waals surface area contributed by atoms with Crippen LogP contribution in [-0.2, 0) is 28.5 Å². The van der Waals surface area contributed by atoms with Gasteiger partial charge in [0.15, 0.2) is 17.7 Å². The minimum absolute atomic E-state index is 0.172. The van der Waals surface area contributed by atoms with Gasteiger partial charge in [0.1, 0.15) is 23.9 Å². The van der Waals surface area contributed by atoms with Crippen LogP contribution < -0.4 is 4.74 Å². The number of hydrogen-bond donors (Lipinski definition) is 1. The molecule has 13 atom stereocenters. The first kappa shape index (κ1) is 44.2. The minimum Gasteiger partial charge on any atom is -0.458 e. The van der Waals surface area contributed by atoms with Crippen LogP contribution in [0.4, 0.5) is 4.79 Å². The summed E-state index contributed by atoms with van der Waals surface area (Å²) < 4.78 is 31.6. The van der Waals surface area contributed by atoms with Crippen molar-refractivity contribution < 1.29 is 43.2 Å². The second-order valence-electron chi connectivity index (χ2n) is 17.7. The van der Waals surface area contributed by atoms with Crippen molar-refractivity contribution in [3.8, 4) is 23.5 Å². The quantitative estimate of drug-likeness (QED) is 0.191. The lowest BCUT2D eigenvalue weighted by atomic mass is 9.66. The number of pyridine rings is 1. The van der Waals surface area contributed by atoms with Crippen molar-refractivity contribution in [3.05, 3.63) is 54.2 Å². The van der Waals surface area contributed by atoms with Crippen molar-refractivity contribution in [2.45, 2.75) is 129 Å². The highest BCUT2D eigenvalue weighted by Crippen LogP contribution is 2.46. The molecule has 0 spiro atoms. The van der Waals surface area contributed by atoms with Crippen LogP contribution >= 0.6 is 0 Å². The lowest BCUT2D eigenvalue weighted by Gasteiger charge is -2.47. The van der Waals surface area contributed by atoms with Crippen molar-refractivity contribution in [2.75, 3.05) is 27.2 Å². The third-order valence-corrected chi connectivity index (χ3v) is 12.9. The number of cyclic esters (lactones) is 1. The van der Waals surface area contributed by atoms with E-state index in [1.54, 1.807) is 31.0 Å². The fourth-order valence-electron chi connectivity index (χ4n) is 9.98. The van der Waals surface area contributed by atoms with Crippen LogP contribution in [0.2, 0.25) is 0 Å². The third kappa shape index (κ3) is 9.21. The second kappa shape index (κ2) is 18.1. The van der Waals surface area contributed by atoms with E-state index in [0.29, 0.717) is 44.0 Å². The van der Waals surface area contributed by atoms with Crippen molar-refractivity contribution in [1.82, 2.24) is 14.8 Å². The molecule has 0 radical (unpaired) electrons. The van der Waals surface area contributed by atoms with Gasteiger partial charge in [-0.25, -0.2) is 9.78 Å². The Balaban J connectivity index is 1.44. The molecule has 4 aliphatic rings. The van der Waals surface area contributed by atoms with Crippen LogP contribution in [0.1, 0.15) is 86.6 Å². The molecule has 0 unspecified atom stereocenters. The summed E-state index contributed by atoms with van der Waals surface area (Å²) in [6.07, 6.45) is -1.10. The summed E-state index contributed by atoms with van der Waals surface area (Å²) in [5.74, 6) is 4.25. The molecule has 59 heavy (non-hydrogen) atoms. The number of benzene rings is 1. The lowest BCUT2D eigenvalue weighted by molar-refractivity contribution is -0.286. The number of ether oxygens (including phenoxy) is 5. The Labute approximate surface area is 349 Å². The summed E-state index contributed by atoms with van der Waals surface area (Å²) in [5, 5.41) is 11.7. The fourth-order valence-corrected chi connectivity index (χ4v) is 9.98. The summed E-state index contributed by atoms with van der Waals surface area (Å²) in [6.45, 7) is 16.0. The van der Waals surface area contributed by atoms with Crippen molar-refractivity contribution >= 4 is 23.6 Å². The predicted molar refractivity (Wildman–Crippen MR) is 222 cm³/mol. The van der Waals surface area contributed by atoms with Crippen LogP contribution in [0.5, 0.6) is 11.6 Å². The van der Waals surface area contributed by atoms with E-state index in [-0.39, 0.29) is 36.2 Å². The van der Waals surface area contributed by atoms with Gasteiger partial charge in [0, 0.05) is 59.8 Å². The Bertz CT molecular complexity index is 1930. The van der Waals surface area contributed by atoms with Gasteiger partial charge in [-0.3, -0.25) is 19.5 Å². The SMILES string of the molecule is CC[C@H]1OC(=O)[C@H](C)C(=O)[C@H](C)[C@@H](O[C@@H]2O[C@H](C)C[C@H](N(C)C)[C@H]2O)[C@@](C)(CC#Cc2cccc(Oc3ccccn3)c2)C[C@@H](C)C2=NCCN3C(=O)O[C@@]1(C)[C@H]3[C@H]2C. The van der Waals surface area contributed by atoms with Gasteiger partial charge >= 0.3 is 12.1 Å². The van der Waals surface area contributed by atoms with Crippen LogP contribution in [0.3, 0.4) is 0 Å². The first-order valence-electron chi connectivity index (χ1n) is 21.1. The molecule has 1 amide bonds. The maximum absolute atomic E-state index is 14.7. The van der Waals surface area contributed by atoms with E-state index in [1.165, 1.54) is 0 Å². The zero-order chi connectivity index (χ0) is 42.8. The molecule has 2 aromatic rings. The molecule has 5 heterocycles. The Morgan fingerprint density at radius 3 is 2.49 bits per heavy atom. The summed E-state index contributed by atoms with van der Waals surface area (Å²) in [5.41, 5.74) is -0.436. The van der Waals surface area contributed by atoms with Gasteiger partial charge in [0.2, 0.25) is 5.88 Å². The maximum atomic E-state index is 14.7. The largest absolute Gasteiger partial charge is 0.458 e. The molecular formula is C46H62N4O9. The molecular weight excluding hydrogens is 753 g/mol. The van der Waals surface area contributed by atoms with E-state index in [4.69, 9.17) is 28.7 Å². The number of fused-ring (bicyclic) bond motifs is 1. The van der Waals surface area contributed by atoms with Crippen LogP contribution in [0.15, 0.2) is 53.7 Å². The average molecular weight is 815 g/mol. The molecule has 1 N–H and O–H groups in total. The first-order valence-corrected chi connectivity index (χ1v) is 21.1. The molecule has 3 saturated heterocycles. The molecule has 0 aliphatic carbocycles. The number of aliphatic hydroxyl groups is 1. The van der Waals surface area contributed by atoms with Crippen molar-refractivity contribution in [3.63, 3.8) is 0 Å². The van der Waals surface area contributed by atoms with E-state index < -0.39 is 65.6 Å². The Kier molecular flexibility index (Phi) is 13.6. The monoisotopic (exact) mass is 814 g/mol. The standard InChI is InChI=1S/C46H62N4O9/c1-11-35-46(8)40-29(4)37(48-22-23-50(40)44(54)59-46)27(2)26-45(7,20-15-17-32-16-14-18-33(25-32)56-36-19-12-13-21-47-36)41(30(5)38(51)31(6)42(53)57-35)58-43-39(52)34(49(9)10)24-28(3)55-43/h12-14,16,18-19,21,25,27-31,34-35,39-41,43,52H,11,20,22-24,26H2,1-10H3/t27-,28-,29+,30+,31-,34+,35-,39-,40-,41-,43+,45+,46-/m1/s1. The van der Waals surface area contributed by atoms with E-state index in [0.717, 1.165) is 11.3 Å². The number of nitrogens with zero attached hydrogens (tertiary/aromatic N) is 4. The number of aliphatic imine (C=N–C) groups is 1. The number of aliphatic hydroxyl groups excluding tert-OH is 1. The molecule has 13 nitrogen and oxygen atoms in total. The molecule has 1 aromatic carbocycles. The highest BCUT2D eigenvalue weighted by atomic mass is 16.7. The Morgan fingerprint density at radius 1 is 1.03 bits per heavy atom. The number of carbonyl (C=O) groups is 3. The van der Waals surface area contributed by atoms with Gasteiger partial charge in [-0.05, 0) is 84.3 Å². The predicted octanol–water partition coefficient (Wildman–Crippen LogP) is 6.31. The van der Waals surface area contributed by atoms with E-state index in [2.05, 4.69) is 37.6 Å². The number of ketones is 1. The van der Waals surface area contributed by atoms with Gasteiger partial charge in [-0.15, -0.1) is 0 Å². The smallest absolute Gasteiger partial charge is 0.410 e. The van der Waals surface area contributed by atoms with E-state index in [1.807, 2.05) is 76.2 Å². The van der Waals surface area contributed by atoms with Crippen molar-refractivity contribution in [1.29, 1.82) is 0 Å². The molecule has 13 heteroatoms. The van der Waals surface area contributed by atoms with Gasteiger partial charge in [-0.2, -0.15) is 0 Å². The number of esters is 1. The number of aromatic nitrogens is 1. The van der Waals surface area contributed by atoms with Crippen molar-refractivity contribution in [2.24, 2.45) is 34.1 Å². The molecule has 2 bridgehead atoms. The number of amides is 1. The van der Waals surface area contributed by atoms with Gasteiger partial charge in [0.25, 0.3) is 0 Å². The molecule has 320 valence electrons. The maximum Gasteiger partial charge on any atom is 0.410 e. The topological polar surface area (TPSA) is 149 Å². The normalized spacial score (nSPS) is 36.7. The Hall–Kier alpha value is -4.35. The summed E-state index contributed by atoms with van der Waals surface area (Å²) in [4.78, 5) is 55.3. The molecule has 6 rings (SSSR count). The first-order chi connectivity index (χ1) is 28.0. The summed E-state index contributed by atoms with van der Waals surface area (Å²) >= 11 is 0. The van der Waals surface area contributed by atoms with Crippen LogP contribution in [0, 0.1) is 40.9 Å². The lowest BCUT2D eigenvalue weighted by Crippen LogP contribution is -2.58. The van der Waals surface area contributed by atoms with Gasteiger partial charge in [0.05, 0.1) is 24.8 Å². The third-order valence-electron chi connectivity index (χ3n) is 12.9. The highest BCUT2D eigenvalue weighted by molar-refractivity contribution is 6.00. The van der Waals surface area contributed by atoms with Crippen LogP contribution in [0.25, 0.3) is 0 Å².